The number of benzene rings is 1. The van der Waals surface area contributed by atoms with Crippen molar-refractivity contribution in [2.45, 2.75) is 13.8 Å². The molecule has 2 aromatic rings. The van der Waals surface area contributed by atoms with Crippen molar-refractivity contribution in [2.75, 3.05) is 23.5 Å². The number of carbonyl (C=O) groups is 2. The fourth-order valence-corrected chi connectivity index (χ4v) is 3.88. The summed E-state index contributed by atoms with van der Waals surface area (Å²) < 4.78 is 0. The maximum Gasteiger partial charge on any atom is 0.245 e. The van der Waals surface area contributed by atoms with Gasteiger partial charge in [0.2, 0.25) is 11.8 Å². The number of aryl methyl sites for hydroxylation is 2. The number of nitrogens with zero attached hydrogens (tertiary/aromatic N) is 2. The van der Waals surface area contributed by atoms with Crippen molar-refractivity contribution in [3.8, 4) is 11.3 Å². The van der Waals surface area contributed by atoms with Crippen molar-refractivity contribution in [3.05, 3.63) is 34.7 Å². The third-order valence-corrected chi connectivity index (χ3v) is 5.42. The summed E-state index contributed by atoms with van der Waals surface area (Å²) in [6, 6.07) is 6.19. The molecule has 0 bridgehead atoms. The van der Waals surface area contributed by atoms with Gasteiger partial charge in [-0.2, -0.15) is 0 Å². The Labute approximate surface area is 143 Å². The van der Waals surface area contributed by atoms with Crippen LogP contribution in [-0.4, -0.2) is 39.9 Å². The maximum absolute atomic E-state index is 12.0. The molecule has 0 spiro atoms. The van der Waals surface area contributed by atoms with E-state index in [0.717, 1.165) is 11.3 Å². The summed E-state index contributed by atoms with van der Waals surface area (Å²) in [6.45, 7) is 4.23. The van der Waals surface area contributed by atoms with Crippen molar-refractivity contribution in [1.82, 2.24) is 9.88 Å². The average molecular weight is 347 g/mol. The Balaban J connectivity index is 1.65. The van der Waals surface area contributed by atoms with Crippen LogP contribution in [0, 0.1) is 13.8 Å². The van der Waals surface area contributed by atoms with Crippen molar-refractivity contribution in [1.29, 1.82) is 0 Å². The summed E-state index contributed by atoms with van der Waals surface area (Å²) in [7, 11) is 0. The van der Waals surface area contributed by atoms with E-state index < -0.39 is 0 Å². The minimum Gasteiger partial charge on any atom is -0.323 e. The third kappa shape index (κ3) is 3.73. The van der Waals surface area contributed by atoms with Crippen molar-refractivity contribution in [3.63, 3.8) is 0 Å². The van der Waals surface area contributed by atoms with Gasteiger partial charge >= 0.3 is 0 Å². The zero-order valence-corrected chi connectivity index (χ0v) is 14.6. The van der Waals surface area contributed by atoms with E-state index in [1.807, 2.05) is 11.4 Å². The summed E-state index contributed by atoms with van der Waals surface area (Å²) in [4.78, 5) is 29.5. The molecule has 2 heterocycles. The smallest absolute Gasteiger partial charge is 0.245 e. The van der Waals surface area contributed by atoms with Crippen LogP contribution in [0.25, 0.3) is 11.3 Å². The van der Waals surface area contributed by atoms with E-state index >= 15 is 0 Å². The third-order valence-electron chi connectivity index (χ3n) is 3.71. The SMILES string of the molecule is Cc1ccc(-c2csc(NC(=O)CN3CSCC3=O)n2)cc1C. The van der Waals surface area contributed by atoms with Crippen LogP contribution < -0.4 is 5.32 Å². The molecule has 2 amide bonds. The molecule has 1 N–H and O–H groups in total. The van der Waals surface area contributed by atoms with Crippen molar-refractivity contribution >= 4 is 40.0 Å². The van der Waals surface area contributed by atoms with Gasteiger partial charge in [0.25, 0.3) is 0 Å². The second kappa shape index (κ2) is 6.72. The van der Waals surface area contributed by atoms with Crippen LogP contribution in [0.3, 0.4) is 0 Å². The van der Waals surface area contributed by atoms with Gasteiger partial charge in [-0.3, -0.25) is 9.59 Å². The molecule has 1 aromatic heterocycles. The molecule has 5 nitrogen and oxygen atoms in total. The normalized spacial score (nSPS) is 14.3. The Hall–Kier alpha value is -1.86. The first kappa shape index (κ1) is 16.0. The summed E-state index contributed by atoms with van der Waals surface area (Å²) >= 11 is 2.92. The lowest BCUT2D eigenvalue weighted by Crippen LogP contribution is -2.34. The summed E-state index contributed by atoms with van der Waals surface area (Å²) in [5.74, 6) is 0.848. The summed E-state index contributed by atoms with van der Waals surface area (Å²) in [5.41, 5.74) is 4.34. The Bertz CT molecular complexity index is 758. The topological polar surface area (TPSA) is 62.3 Å². The molecule has 1 aromatic carbocycles. The maximum atomic E-state index is 12.0. The molecule has 1 aliphatic heterocycles. The number of thioether (sulfide) groups is 1. The number of amides is 2. The van der Waals surface area contributed by atoms with Gasteiger partial charge < -0.3 is 10.2 Å². The van der Waals surface area contributed by atoms with E-state index in [9.17, 15) is 9.59 Å². The van der Waals surface area contributed by atoms with Gasteiger partial charge in [-0.1, -0.05) is 12.1 Å². The van der Waals surface area contributed by atoms with E-state index in [1.165, 1.54) is 34.2 Å². The first-order valence-electron chi connectivity index (χ1n) is 7.21. The molecule has 0 atom stereocenters. The molecule has 3 rings (SSSR count). The molecule has 1 saturated heterocycles. The van der Waals surface area contributed by atoms with E-state index in [-0.39, 0.29) is 18.4 Å². The molecule has 0 unspecified atom stereocenters. The summed E-state index contributed by atoms with van der Waals surface area (Å²) in [6.07, 6.45) is 0. The molecule has 0 saturated carbocycles. The van der Waals surface area contributed by atoms with Crippen molar-refractivity contribution in [2.24, 2.45) is 0 Å². The highest BCUT2D eigenvalue weighted by Gasteiger charge is 2.23. The number of nitrogens with one attached hydrogen (secondary N) is 1. The minimum absolute atomic E-state index is 0.0140. The zero-order chi connectivity index (χ0) is 16.4. The number of hydrogen-bond acceptors (Lipinski definition) is 5. The highest BCUT2D eigenvalue weighted by Crippen LogP contribution is 2.26. The standard InChI is InChI=1S/C16H17N3O2S2/c1-10-3-4-12(5-11(10)2)13-7-23-16(17-13)18-14(20)6-19-9-22-8-15(19)21/h3-5,7H,6,8-9H2,1-2H3,(H,17,18,20). The van der Waals surface area contributed by atoms with E-state index in [0.29, 0.717) is 16.8 Å². The van der Waals surface area contributed by atoms with E-state index in [1.54, 1.807) is 4.90 Å². The van der Waals surface area contributed by atoms with Crippen LogP contribution in [0.4, 0.5) is 5.13 Å². The van der Waals surface area contributed by atoms with Gasteiger partial charge in [0.15, 0.2) is 5.13 Å². The average Bonchev–Trinajstić information content (AvgIpc) is 3.12. The Morgan fingerprint density at radius 3 is 2.87 bits per heavy atom. The second-order valence-electron chi connectivity index (χ2n) is 5.45. The van der Waals surface area contributed by atoms with Crippen LogP contribution in [0.5, 0.6) is 0 Å². The van der Waals surface area contributed by atoms with Gasteiger partial charge in [-0.05, 0) is 31.0 Å². The molecule has 7 heteroatoms. The monoisotopic (exact) mass is 347 g/mol. The summed E-state index contributed by atoms with van der Waals surface area (Å²) in [5, 5.41) is 5.26. The van der Waals surface area contributed by atoms with Crippen LogP contribution in [0.1, 0.15) is 11.1 Å². The molecule has 0 radical (unpaired) electrons. The molecular formula is C16H17N3O2S2. The Morgan fingerprint density at radius 2 is 2.17 bits per heavy atom. The van der Waals surface area contributed by atoms with Crippen LogP contribution >= 0.6 is 23.1 Å². The minimum atomic E-state index is -0.207. The molecule has 1 aliphatic rings. The molecule has 23 heavy (non-hydrogen) atoms. The van der Waals surface area contributed by atoms with Gasteiger partial charge in [0.1, 0.15) is 6.54 Å². The lowest BCUT2D eigenvalue weighted by molar-refractivity contribution is -0.130. The molecular weight excluding hydrogens is 330 g/mol. The number of anilines is 1. The molecule has 0 aliphatic carbocycles. The first-order chi connectivity index (χ1) is 11.0. The number of aromatic nitrogens is 1. The molecule has 1 fully saturated rings. The number of thiazole rings is 1. The molecule has 120 valence electrons. The highest BCUT2D eigenvalue weighted by atomic mass is 32.2. The Morgan fingerprint density at radius 1 is 1.35 bits per heavy atom. The number of hydrogen-bond donors (Lipinski definition) is 1. The number of rotatable bonds is 4. The quantitative estimate of drug-likeness (QED) is 0.924. The predicted molar refractivity (Wildman–Crippen MR) is 94.7 cm³/mol. The fourth-order valence-electron chi connectivity index (χ4n) is 2.24. The zero-order valence-electron chi connectivity index (χ0n) is 13.0. The van der Waals surface area contributed by atoms with Crippen LogP contribution in [0.2, 0.25) is 0 Å². The Kier molecular flexibility index (Phi) is 4.68. The number of carbonyl (C=O) groups excluding carboxylic acids is 2. The largest absolute Gasteiger partial charge is 0.323 e. The van der Waals surface area contributed by atoms with E-state index in [2.05, 4.69) is 36.3 Å². The predicted octanol–water partition coefficient (Wildman–Crippen LogP) is 2.90. The second-order valence-corrected chi connectivity index (χ2v) is 7.27. The lowest BCUT2D eigenvalue weighted by atomic mass is 10.1. The van der Waals surface area contributed by atoms with E-state index in [4.69, 9.17) is 0 Å². The van der Waals surface area contributed by atoms with Gasteiger partial charge in [-0.25, -0.2) is 4.98 Å². The fraction of sp³-hybridized carbons (Fsp3) is 0.312. The van der Waals surface area contributed by atoms with Crippen LogP contribution in [-0.2, 0) is 9.59 Å². The van der Waals surface area contributed by atoms with Gasteiger partial charge in [-0.15, -0.1) is 23.1 Å². The van der Waals surface area contributed by atoms with Gasteiger partial charge in [0.05, 0.1) is 17.3 Å². The van der Waals surface area contributed by atoms with Crippen molar-refractivity contribution < 1.29 is 9.59 Å². The lowest BCUT2D eigenvalue weighted by Gasteiger charge is -2.13. The first-order valence-corrected chi connectivity index (χ1v) is 9.25. The highest BCUT2D eigenvalue weighted by molar-refractivity contribution is 8.00. The van der Waals surface area contributed by atoms with Gasteiger partial charge in [0, 0.05) is 10.9 Å². The van der Waals surface area contributed by atoms with Crippen LogP contribution in [0.15, 0.2) is 23.6 Å².